The number of thiazole rings is 1. The van der Waals surface area contributed by atoms with Gasteiger partial charge >= 0.3 is 0 Å². The normalized spacial score (nSPS) is 10.1. The second-order valence-electron chi connectivity index (χ2n) is 3.82. The summed E-state index contributed by atoms with van der Waals surface area (Å²) in [5, 5.41) is 0.709. The van der Waals surface area contributed by atoms with Crippen LogP contribution in [0.15, 0.2) is 49.2 Å². The lowest BCUT2D eigenvalue weighted by atomic mass is 10.2. The third kappa shape index (κ3) is 2.65. The van der Waals surface area contributed by atoms with E-state index in [-0.39, 0.29) is 5.91 Å². The van der Waals surface area contributed by atoms with Crippen LogP contribution in [-0.2, 0) is 0 Å². The number of carbonyl (C=O) groups is 1. The van der Waals surface area contributed by atoms with Gasteiger partial charge in [-0.15, -0.1) is 17.9 Å². The zero-order chi connectivity index (χ0) is 13.0. The largest absolute Gasteiger partial charge is 0.280 e. The van der Waals surface area contributed by atoms with Gasteiger partial charge in [0.2, 0.25) is 0 Å². The fourth-order valence-corrected chi connectivity index (χ4v) is 2.35. The van der Waals surface area contributed by atoms with E-state index in [2.05, 4.69) is 11.6 Å². The standard InChI is InChI=1S/C14H14N2OS/c1-3-9-16(14-15-10-11(2)18-14)13(17)12-7-5-4-6-8-12/h3-8,10H,1,9H2,2H3. The van der Waals surface area contributed by atoms with E-state index in [0.29, 0.717) is 17.2 Å². The van der Waals surface area contributed by atoms with Crippen LogP contribution in [0.1, 0.15) is 15.2 Å². The molecule has 2 aromatic rings. The molecule has 0 radical (unpaired) electrons. The highest BCUT2D eigenvalue weighted by atomic mass is 32.1. The van der Waals surface area contributed by atoms with Gasteiger partial charge in [-0.3, -0.25) is 9.69 Å². The minimum atomic E-state index is -0.0511. The van der Waals surface area contributed by atoms with Crippen LogP contribution in [0.25, 0.3) is 0 Å². The van der Waals surface area contributed by atoms with Gasteiger partial charge < -0.3 is 0 Å². The molecule has 0 bridgehead atoms. The third-order valence-electron chi connectivity index (χ3n) is 2.42. The number of amides is 1. The van der Waals surface area contributed by atoms with E-state index < -0.39 is 0 Å². The molecule has 0 saturated carbocycles. The van der Waals surface area contributed by atoms with Crippen LogP contribution in [0.4, 0.5) is 5.13 Å². The first kappa shape index (κ1) is 12.5. The Bertz CT molecular complexity index is 548. The smallest absolute Gasteiger partial charge is 0.260 e. The van der Waals surface area contributed by atoms with Gasteiger partial charge in [0, 0.05) is 23.2 Å². The number of hydrogen-bond donors (Lipinski definition) is 0. The number of hydrogen-bond acceptors (Lipinski definition) is 3. The summed E-state index contributed by atoms with van der Waals surface area (Å²) in [6, 6.07) is 9.21. The molecule has 3 nitrogen and oxygen atoms in total. The first-order valence-electron chi connectivity index (χ1n) is 5.62. The highest BCUT2D eigenvalue weighted by Crippen LogP contribution is 2.23. The molecule has 0 aliphatic carbocycles. The Labute approximate surface area is 110 Å². The maximum Gasteiger partial charge on any atom is 0.260 e. The van der Waals surface area contributed by atoms with E-state index >= 15 is 0 Å². The molecule has 0 unspecified atom stereocenters. The van der Waals surface area contributed by atoms with E-state index in [9.17, 15) is 4.79 Å². The Kier molecular flexibility index (Phi) is 3.89. The molecule has 0 atom stereocenters. The molecule has 1 heterocycles. The Hall–Kier alpha value is -1.94. The summed E-state index contributed by atoms with van der Waals surface area (Å²) < 4.78 is 0. The molecule has 0 fully saturated rings. The lowest BCUT2D eigenvalue weighted by Gasteiger charge is -2.17. The van der Waals surface area contributed by atoms with Gasteiger partial charge in [0.1, 0.15) is 0 Å². The molecule has 0 N–H and O–H groups in total. The fourth-order valence-electron chi connectivity index (χ4n) is 1.58. The van der Waals surface area contributed by atoms with Crippen molar-refractivity contribution in [3.05, 3.63) is 59.6 Å². The topological polar surface area (TPSA) is 33.2 Å². The van der Waals surface area contributed by atoms with E-state index in [0.717, 1.165) is 4.88 Å². The van der Waals surface area contributed by atoms with Crippen molar-refractivity contribution in [2.45, 2.75) is 6.92 Å². The summed E-state index contributed by atoms with van der Waals surface area (Å²) in [7, 11) is 0. The van der Waals surface area contributed by atoms with Crippen LogP contribution >= 0.6 is 11.3 Å². The molecule has 0 aliphatic rings. The highest BCUT2D eigenvalue weighted by Gasteiger charge is 2.18. The number of benzene rings is 1. The van der Waals surface area contributed by atoms with Crippen molar-refractivity contribution in [1.29, 1.82) is 0 Å². The first-order chi connectivity index (χ1) is 8.72. The molecule has 0 saturated heterocycles. The van der Waals surface area contributed by atoms with Crippen molar-refractivity contribution in [2.75, 3.05) is 11.4 Å². The molecule has 2 rings (SSSR count). The van der Waals surface area contributed by atoms with Crippen molar-refractivity contribution in [1.82, 2.24) is 4.98 Å². The molecule has 0 aliphatic heterocycles. The van der Waals surface area contributed by atoms with Crippen LogP contribution in [0, 0.1) is 6.92 Å². The average Bonchev–Trinajstić information content (AvgIpc) is 2.82. The molecule has 1 amide bonds. The van der Waals surface area contributed by atoms with Crippen LogP contribution in [0.3, 0.4) is 0 Å². The molecule has 1 aromatic heterocycles. The summed E-state index contributed by atoms with van der Waals surface area (Å²) in [5.41, 5.74) is 0.659. The van der Waals surface area contributed by atoms with Crippen molar-refractivity contribution in [3.63, 3.8) is 0 Å². The quantitative estimate of drug-likeness (QED) is 0.788. The lowest BCUT2D eigenvalue weighted by Crippen LogP contribution is -2.30. The molecule has 1 aromatic carbocycles. The van der Waals surface area contributed by atoms with E-state index in [1.807, 2.05) is 25.1 Å². The van der Waals surface area contributed by atoms with Crippen molar-refractivity contribution < 1.29 is 4.79 Å². The second kappa shape index (κ2) is 5.60. The van der Waals surface area contributed by atoms with E-state index in [1.165, 1.54) is 11.3 Å². The summed E-state index contributed by atoms with van der Waals surface area (Å²) in [6.07, 6.45) is 3.48. The number of rotatable bonds is 4. The van der Waals surface area contributed by atoms with Crippen LogP contribution < -0.4 is 4.90 Å². The van der Waals surface area contributed by atoms with Gasteiger partial charge in [0.25, 0.3) is 5.91 Å². The van der Waals surface area contributed by atoms with Crippen molar-refractivity contribution in [3.8, 4) is 0 Å². The molecule has 0 spiro atoms. The number of aryl methyl sites for hydroxylation is 1. The Morgan fingerprint density at radius 1 is 1.44 bits per heavy atom. The Balaban J connectivity index is 2.31. The predicted octanol–water partition coefficient (Wildman–Crippen LogP) is 3.28. The summed E-state index contributed by atoms with van der Waals surface area (Å²) in [6.45, 7) is 6.12. The van der Waals surface area contributed by atoms with Gasteiger partial charge in [0.15, 0.2) is 5.13 Å². The maximum absolute atomic E-state index is 12.4. The van der Waals surface area contributed by atoms with E-state index in [4.69, 9.17) is 0 Å². The van der Waals surface area contributed by atoms with Gasteiger partial charge in [-0.25, -0.2) is 4.98 Å². The molecule has 18 heavy (non-hydrogen) atoms. The lowest BCUT2D eigenvalue weighted by molar-refractivity contribution is 0.0989. The van der Waals surface area contributed by atoms with Crippen LogP contribution in [0.2, 0.25) is 0 Å². The second-order valence-corrected chi connectivity index (χ2v) is 5.04. The predicted molar refractivity (Wildman–Crippen MR) is 75.2 cm³/mol. The molecular formula is C14H14N2OS. The van der Waals surface area contributed by atoms with Crippen molar-refractivity contribution in [2.24, 2.45) is 0 Å². The SMILES string of the molecule is C=CCN(C(=O)c1ccccc1)c1ncc(C)s1. The number of nitrogens with zero attached hydrogens (tertiary/aromatic N) is 2. The van der Waals surface area contributed by atoms with Gasteiger partial charge in [0.05, 0.1) is 0 Å². The molecular weight excluding hydrogens is 244 g/mol. The Morgan fingerprint density at radius 3 is 2.72 bits per heavy atom. The highest BCUT2D eigenvalue weighted by molar-refractivity contribution is 7.15. The average molecular weight is 258 g/mol. The fraction of sp³-hybridized carbons (Fsp3) is 0.143. The van der Waals surface area contributed by atoms with Gasteiger partial charge in [-0.1, -0.05) is 24.3 Å². The van der Waals surface area contributed by atoms with Crippen molar-refractivity contribution >= 4 is 22.4 Å². The van der Waals surface area contributed by atoms with E-state index in [1.54, 1.807) is 29.3 Å². The Morgan fingerprint density at radius 2 is 2.17 bits per heavy atom. The maximum atomic E-state index is 12.4. The number of anilines is 1. The third-order valence-corrected chi connectivity index (χ3v) is 3.35. The number of aromatic nitrogens is 1. The minimum absolute atomic E-state index is 0.0511. The van der Waals surface area contributed by atoms with Gasteiger partial charge in [-0.05, 0) is 19.1 Å². The monoisotopic (exact) mass is 258 g/mol. The summed E-state index contributed by atoms with van der Waals surface area (Å²) >= 11 is 1.50. The van der Waals surface area contributed by atoms with Gasteiger partial charge in [-0.2, -0.15) is 0 Å². The summed E-state index contributed by atoms with van der Waals surface area (Å²) in [4.78, 5) is 19.4. The zero-order valence-corrected chi connectivity index (χ0v) is 11.0. The molecule has 4 heteroatoms. The number of carbonyl (C=O) groups excluding carboxylic acids is 1. The van der Waals surface area contributed by atoms with Crippen LogP contribution in [-0.4, -0.2) is 17.4 Å². The first-order valence-corrected chi connectivity index (χ1v) is 6.44. The summed E-state index contributed by atoms with van der Waals surface area (Å²) in [5.74, 6) is -0.0511. The zero-order valence-electron chi connectivity index (χ0n) is 10.2. The minimum Gasteiger partial charge on any atom is -0.280 e. The molecule has 92 valence electrons. The van der Waals surface area contributed by atoms with Crippen LogP contribution in [0.5, 0.6) is 0 Å².